The zero-order valence-electron chi connectivity index (χ0n) is 11.4. The van der Waals surface area contributed by atoms with Gasteiger partial charge in [-0.1, -0.05) is 23.4 Å². The highest BCUT2D eigenvalue weighted by atomic mass is 16.2. The maximum atomic E-state index is 11.9. The second-order valence-electron chi connectivity index (χ2n) is 4.60. The van der Waals surface area contributed by atoms with Gasteiger partial charge < -0.3 is 10.4 Å². The predicted octanol–water partition coefficient (Wildman–Crippen LogP) is 1.15. The number of benzene rings is 1. The lowest BCUT2D eigenvalue weighted by Crippen LogP contribution is -2.19. The van der Waals surface area contributed by atoms with Crippen molar-refractivity contribution in [2.45, 2.75) is 26.3 Å². The second kappa shape index (κ2) is 6.81. The lowest BCUT2D eigenvalue weighted by atomic mass is 10.2. The molecule has 0 saturated carbocycles. The monoisotopic (exact) mass is 274 g/mol. The van der Waals surface area contributed by atoms with E-state index in [1.807, 2.05) is 31.2 Å². The van der Waals surface area contributed by atoms with Crippen LogP contribution in [0.5, 0.6) is 0 Å². The van der Waals surface area contributed by atoms with Crippen LogP contribution in [-0.2, 0) is 17.8 Å². The van der Waals surface area contributed by atoms with Crippen molar-refractivity contribution in [2.24, 2.45) is 0 Å². The molecule has 1 aromatic carbocycles. The van der Waals surface area contributed by atoms with E-state index >= 15 is 0 Å². The van der Waals surface area contributed by atoms with E-state index < -0.39 is 0 Å². The smallest absolute Gasteiger partial charge is 0.246 e. The van der Waals surface area contributed by atoms with E-state index in [-0.39, 0.29) is 19.1 Å². The van der Waals surface area contributed by atoms with Crippen LogP contribution in [0.15, 0.2) is 30.5 Å². The summed E-state index contributed by atoms with van der Waals surface area (Å²) < 4.78 is 1.50. The van der Waals surface area contributed by atoms with Gasteiger partial charge in [-0.25, -0.2) is 4.68 Å². The standard InChI is InChI=1S/C14H18N4O2/c1-11-5-2-3-7-13(11)15-14(20)10-18-9-12(16-17-18)6-4-8-19/h2-3,5,7,9,19H,4,6,8,10H2,1H3,(H,15,20). The number of carbonyl (C=O) groups is 1. The van der Waals surface area contributed by atoms with Gasteiger partial charge in [-0.2, -0.15) is 0 Å². The van der Waals surface area contributed by atoms with Gasteiger partial charge in [0, 0.05) is 18.5 Å². The molecule has 2 N–H and O–H groups in total. The molecule has 1 heterocycles. The largest absolute Gasteiger partial charge is 0.396 e. The van der Waals surface area contributed by atoms with Gasteiger partial charge in [0.1, 0.15) is 6.54 Å². The molecule has 0 aliphatic carbocycles. The van der Waals surface area contributed by atoms with Gasteiger partial charge in [-0.05, 0) is 31.4 Å². The number of nitrogens with one attached hydrogen (secondary N) is 1. The van der Waals surface area contributed by atoms with Crippen molar-refractivity contribution in [1.29, 1.82) is 0 Å². The van der Waals surface area contributed by atoms with E-state index in [4.69, 9.17) is 5.11 Å². The Morgan fingerprint density at radius 3 is 2.95 bits per heavy atom. The summed E-state index contributed by atoms with van der Waals surface area (Å²) in [5, 5.41) is 19.4. The van der Waals surface area contributed by atoms with Crippen LogP contribution in [0, 0.1) is 6.92 Å². The fraction of sp³-hybridized carbons (Fsp3) is 0.357. The number of para-hydroxylation sites is 1. The fourth-order valence-electron chi connectivity index (χ4n) is 1.84. The summed E-state index contributed by atoms with van der Waals surface area (Å²) in [6.45, 7) is 2.19. The van der Waals surface area contributed by atoms with Gasteiger partial charge in [0.2, 0.25) is 5.91 Å². The Morgan fingerprint density at radius 2 is 2.20 bits per heavy atom. The van der Waals surface area contributed by atoms with Crippen molar-refractivity contribution in [3.05, 3.63) is 41.7 Å². The van der Waals surface area contributed by atoms with E-state index in [2.05, 4.69) is 15.6 Å². The molecule has 6 nitrogen and oxygen atoms in total. The number of rotatable bonds is 6. The SMILES string of the molecule is Cc1ccccc1NC(=O)Cn1cc(CCCO)nn1. The Morgan fingerprint density at radius 1 is 1.40 bits per heavy atom. The molecule has 1 amide bonds. The third-order valence-electron chi connectivity index (χ3n) is 2.90. The molecule has 0 spiro atoms. The molecular formula is C14H18N4O2. The van der Waals surface area contributed by atoms with Crippen LogP contribution in [0.4, 0.5) is 5.69 Å². The molecule has 0 aliphatic heterocycles. The van der Waals surface area contributed by atoms with Crippen molar-refractivity contribution in [2.75, 3.05) is 11.9 Å². The van der Waals surface area contributed by atoms with Gasteiger partial charge in [0.05, 0.1) is 5.69 Å². The van der Waals surface area contributed by atoms with Crippen molar-refractivity contribution in [3.63, 3.8) is 0 Å². The Hall–Kier alpha value is -2.21. The molecule has 0 aliphatic rings. The maximum absolute atomic E-state index is 11.9. The number of hydrogen-bond donors (Lipinski definition) is 2. The molecule has 0 saturated heterocycles. The number of amides is 1. The van der Waals surface area contributed by atoms with Crippen LogP contribution in [0.2, 0.25) is 0 Å². The zero-order chi connectivity index (χ0) is 14.4. The Bertz CT molecular complexity index is 580. The summed E-state index contributed by atoms with van der Waals surface area (Å²) >= 11 is 0. The number of aliphatic hydroxyl groups excluding tert-OH is 1. The summed E-state index contributed by atoms with van der Waals surface area (Å²) in [7, 11) is 0. The summed E-state index contributed by atoms with van der Waals surface area (Å²) in [5.41, 5.74) is 2.60. The molecule has 0 atom stereocenters. The number of aromatic nitrogens is 3. The highest BCUT2D eigenvalue weighted by Crippen LogP contribution is 2.12. The van der Waals surface area contributed by atoms with Gasteiger partial charge in [-0.15, -0.1) is 5.10 Å². The minimum Gasteiger partial charge on any atom is -0.396 e. The summed E-state index contributed by atoms with van der Waals surface area (Å²) in [6.07, 6.45) is 3.04. The molecule has 2 aromatic rings. The van der Waals surface area contributed by atoms with Crippen LogP contribution in [0.3, 0.4) is 0 Å². The molecule has 2 rings (SSSR count). The molecule has 0 radical (unpaired) electrons. The number of carbonyl (C=O) groups excluding carboxylic acids is 1. The molecule has 0 fully saturated rings. The average molecular weight is 274 g/mol. The first kappa shape index (κ1) is 14.2. The first-order chi connectivity index (χ1) is 9.69. The minimum atomic E-state index is -0.141. The summed E-state index contributed by atoms with van der Waals surface area (Å²) in [4.78, 5) is 11.9. The van der Waals surface area contributed by atoms with Crippen LogP contribution in [0.1, 0.15) is 17.7 Å². The van der Waals surface area contributed by atoms with E-state index in [0.29, 0.717) is 12.8 Å². The van der Waals surface area contributed by atoms with Gasteiger partial charge in [0.15, 0.2) is 0 Å². The molecule has 1 aromatic heterocycles. The lowest BCUT2D eigenvalue weighted by molar-refractivity contribution is -0.116. The van der Waals surface area contributed by atoms with Crippen molar-refractivity contribution in [1.82, 2.24) is 15.0 Å². The highest BCUT2D eigenvalue weighted by Gasteiger charge is 2.07. The first-order valence-electron chi connectivity index (χ1n) is 6.54. The Kier molecular flexibility index (Phi) is 4.84. The van der Waals surface area contributed by atoms with Gasteiger partial charge >= 0.3 is 0 Å². The third kappa shape index (κ3) is 3.89. The number of nitrogens with zero attached hydrogens (tertiary/aromatic N) is 3. The fourth-order valence-corrected chi connectivity index (χ4v) is 1.84. The minimum absolute atomic E-state index is 0.125. The second-order valence-corrected chi connectivity index (χ2v) is 4.60. The van der Waals surface area contributed by atoms with E-state index in [0.717, 1.165) is 16.9 Å². The number of aliphatic hydroxyl groups is 1. The Labute approximate surface area is 117 Å². The summed E-state index contributed by atoms with van der Waals surface area (Å²) in [6, 6.07) is 7.61. The molecule has 6 heteroatoms. The van der Waals surface area contributed by atoms with Crippen molar-refractivity contribution >= 4 is 11.6 Å². The Balaban J connectivity index is 1.91. The number of hydrogen-bond acceptors (Lipinski definition) is 4. The van der Waals surface area contributed by atoms with E-state index in [1.54, 1.807) is 6.20 Å². The first-order valence-corrected chi connectivity index (χ1v) is 6.54. The molecule has 20 heavy (non-hydrogen) atoms. The number of anilines is 1. The maximum Gasteiger partial charge on any atom is 0.246 e. The van der Waals surface area contributed by atoms with Gasteiger partial charge in [-0.3, -0.25) is 4.79 Å². The van der Waals surface area contributed by atoms with Crippen LogP contribution < -0.4 is 5.32 Å². The van der Waals surface area contributed by atoms with Crippen molar-refractivity contribution < 1.29 is 9.90 Å². The average Bonchev–Trinajstić information content (AvgIpc) is 2.86. The molecular weight excluding hydrogens is 256 g/mol. The molecule has 0 bridgehead atoms. The highest BCUT2D eigenvalue weighted by molar-refractivity contribution is 5.91. The van der Waals surface area contributed by atoms with Crippen LogP contribution in [0.25, 0.3) is 0 Å². The van der Waals surface area contributed by atoms with E-state index in [9.17, 15) is 4.79 Å². The molecule has 0 unspecified atom stereocenters. The molecule has 106 valence electrons. The quantitative estimate of drug-likeness (QED) is 0.828. The van der Waals surface area contributed by atoms with Gasteiger partial charge in [0.25, 0.3) is 0 Å². The van der Waals surface area contributed by atoms with Crippen LogP contribution in [-0.4, -0.2) is 32.6 Å². The zero-order valence-corrected chi connectivity index (χ0v) is 11.4. The van der Waals surface area contributed by atoms with Crippen LogP contribution >= 0.6 is 0 Å². The lowest BCUT2D eigenvalue weighted by Gasteiger charge is -2.07. The predicted molar refractivity (Wildman–Crippen MR) is 75.2 cm³/mol. The van der Waals surface area contributed by atoms with E-state index in [1.165, 1.54) is 4.68 Å². The number of aryl methyl sites for hydroxylation is 2. The van der Waals surface area contributed by atoms with Crippen molar-refractivity contribution in [3.8, 4) is 0 Å². The summed E-state index contributed by atoms with van der Waals surface area (Å²) in [5.74, 6) is -0.141. The third-order valence-corrected chi connectivity index (χ3v) is 2.90. The normalized spacial score (nSPS) is 10.5. The topological polar surface area (TPSA) is 80.0 Å².